The molecule has 0 radical (unpaired) electrons. The maximum Gasteiger partial charge on any atom is 0.338 e. The van der Waals surface area contributed by atoms with Crippen LogP contribution in [0.2, 0.25) is 0 Å². The highest BCUT2D eigenvalue weighted by molar-refractivity contribution is 8.41. The molecule has 23 heavy (non-hydrogen) atoms. The number of rotatable bonds is 5. The molecule has 0 aromatic heterocycles. The molecule has 0 spiro atoms. The van der Waals surface area contributed by atoms with Crippen LogP contribution in [0.25, 0.3) is 0 Å². The smallest absolute Gasteiger partial charge is 0.338 e. The quantitative estimate of drug-likeness (QED) is 0.833. The van der Waals surface area contributed by atoms with E-state index in [1.165, 1.54) is 20.2 Å². The van der Waals surface area contributed by atoms with Gasteiger partial charge in [-0.25, -0.2) is 9.79 Å². The summed E-state index contributed by atoms with van der Waals surface area (Å²) in [4.78, 5) is 16.4. The van der Waals surface area contributed by atoms with Crippen molar-refractivity contribution in [2.24, 2.45) is 4.99 Å². The zero-order chi connectivity index (χ0) is 17.2. The van der Waals surface area contributed by atoms with E-state index in [4.69, 9.17) is 8.92 Å². The zero-order valence-electron chi connectivity index (χ0n) is 13.4. The zero-order valence-corrected chi connectivity index (χ0v) is 14.3. The monoisotopic (exact) mass is 341 g/mol. The molecule has 3 atom stereocenters. The number of aliphatic hydroxyl groups is 1. The summed E-state index contributed by atoms with van der Waals surface area (Å²) < 4.78 is 25.9. The maximum absolute atomic E-state index is 15.6. The van der Waals surface area contributed by atoms with Crippen LogP contribution in [-0.2, 0) is 8.92 Å². The van der Waals surface area contributed by atoms with Crippen LogP contribution in [0.3, 0.4) is 0 Å². The molecular weight excluding hydrogens is 321 g/mol. The summed E-state index contributed by atoms with van der Waals surface area (Å²) in [5.74, 6) is -0.571. The summed E-state index contributed by atoms with van der Waals surface area (Å²) in [6.07, 6.45) is -0.152. The number of ether oxygens (including phenoxy) is 1. The molecule has 0 saturated heterocycles. The molecule has 1 aliphatic rings. The fraction of sp³-hybridized carbons (Fsp3) is 0.375. The predicted octanol–water partition coefficient (Wildman–Crippen LogP) is 3.48. The second-order valence-electron chi connectivity index (χ2n) is 5.24. The minimum absolute atomic E-state index is 0.0588. The van der Waals surface area contributed by atoms with E-state index in [9.17, 15) is 9.90 Å². The Morgan fingerprint density at radius 1 is 1.35 bits per heavy atom. The van der Waals surface area contributed by atoms with Gasteiger partial charge in [-0.15, -0.1) is 0 Å². The summed E-state index contributed by atoms with van der Waals surface area (Å²) in [6.45, 7) is 4.70. The van der Waals surface area contributed by atoms with Gasteiger partial charge in [-0.05, 0) is 26.8 Å². The number of methoxy groups -OCH3 is 1. The third-order valence-electron chi connectivity index (χ3n) is 3.55. The third-order valence-corrected chi connectivity index (χ3v) is 5.88. The van der Waals surface area contributed by atoms with Gasteiger partial charge in [0.05, 0.1) is 35.6 Å². The molecule has 1 aliphatic heterocycles. The van der Waals surface area contributed by atoms with Gasteiger partial charge in [-0.3, -0.25) is 4.18 Å². The first kappa shape index (κ1) is 17.7. The largest absolute Gasteiger partial charge is 0.465 e. The van der Waals surface area contributed by atoms with Crippen LogP contribution in [0.1, 0.15) is 36.7 Å². The average Bonchev–Trinajstić information content (AvgIpc) is 2.81. The summed E-state index contributed by atoms with van der Waals surface area (Å²) in [6, 6.07) is 6.51. The Balaban J connectivity index is 2.46. The first-order valence-electron chi connectivity index (χ1n) is 7.13. The van der Waals surface area contributed by atoms with E-state index in [0.717, 1.165) is 0 Å². The SMILES string of the molecule is COC(=O)c1ccccc1C1=NC=C(C)S1(F)O[C@@H](C)[C@@H](C)O. The molecule has 2 rings (SSSR count). The Morgan fingerprint density at radius 2 is 2.00 bits per heavy atom. The first-order valence-corrected chi connectivity index (χ1v) is 8.58. The van der Waals surface area contributed by atoms with E-state index < -0.39 is 28.9 Å². The number of aliphatic hydroxyl groups excluding tert-OH is 1. The fourth-order valence-corrected chi connectivity index (χ4v) is 3.98. The van der Waals surface area contributed by atoms with Gasteiger partial charge in [0.15, 0.2) is 0 Å². The van der Waals surface area contributed by atoms with Gasteiger partial charge in [0.25, 0.3) is 0 Å². The molecule has 0 aliphatic carbocycles. The van der Waals surface area contributed by atoms with Crippen molar-refractivity contribution >= 4 is 21.7 Å². The van der Waals surface area contributed by atoms with Crippen molar-refractivity contribution in [2.45, 2.75) is 33.0 Å². The highest BCUT2D eigenvalue weighted by atomic mass is 32.3. The minimum Gasteiger partial charge on any atom is -0.465 e. The normalized spacial score (nSPS) is 25.8. The second-order valence-corrected chi connectivity index (χ2v) is 7.43. The van der Waals surface area contributed by atoms with Crippen LogP contribution in [0.15, 0.2) is 40.4 Å². The van der Waals surface area contributed by atoms with Gasteiger partial charge in [0.2, 0.25) is 0 Å². The number of hydrogen-bond donors (Lipinski definition) is 1. The second kappa shape index (κ2) is 6.82. The first-order chi connectivity index (χ1) is 10.8. The van der Waals surface area contributed by atoms with Crippen molar-refractivity contribution in [3.63, 3.8) is 0 Å². The predicted molar refractivity (Wildman–Crippen MR) is 89.0 cm³/mol. The van der Waals surface area contributed by atoms with E-state index in [1.807, 2.05) is 0 Å². The lowest BCUT2D eigenvalue weighted by atomic mass is 10.1. The maximum atomic E-state index is 15.6. The van der Waals surface area contributed by atoms with Gasteiger partial charge in [-0.1, -0.05) is 18.2 Å². The Kier molecular flexibility index (Phi) is 5.23. The van der Waals surface area contributed by atoms with Crippen molar-refractivity contribution in [1.29, 1.82) is 0 Å². The molecule has 1 heterocycles. The van der Waals surface area contributed by atoms with Gasteiger partial charge in [0, 0.05) is 16.7 Å². The van der Waals surface area contributed by atoms with Crippen LogP contribution in [-0.4, -0.2) is 35.4 Å². The molecule has 7 heteroatoms. The standard InChI is InChI=1S/C16H20FNO4S/c1-10-9-18-15(23(10,17)22-12(3)11(2)19)13-7-5-6-8-14(13)16(20)21-4/h5-9,11-12,19H,1-4H3/t11-,12+/m1/s1. The molecular formula is C16H20FNO4S. The molecule has 0 bridgehead atoms. The number of halogens is 1. The third kappa shape index (κ3) is 3.31. The molecule has 0 amide bonds. The van der Waals surface area contributed by atoms with E-state index >= 15 is 3.89 Å². The van der Waals surface area contributed by atoms with Crippen LogP contribution >= 0.6 is 10.7 Å². The topological polar surface area (TPSA) is 68.1 Å². The lowest BCUT2D eigenvalue weighted by molar-refractivity contribution is 0.0600. The number of aliphatic imine (C=N–C) groups is 1. The van der Waals surface area contributed by atoms with Gasteiger partial charge >= 0.3 is 5.97 Å². The highest BCUT2D eigenvalue weighted by Crippen LogP contribution is 2.64. The van der Waals surface area contributed by atoms with Gasteiger partial charge < -0.3 is 9.84 Å². The van der Waals surface area contributed by atoms with E-state index in [-0.39, 0.29) is 10.6 Å². The average molecular weight is 341 g/mol. The number of carbonyl (C=O) groups is 1. The summed E-state index contributed by atoms with van der Waals surface area (Å²) in [5.41, 5.74) is 0.558. The minimum atomic E-state index is -3.34. The molecule has 5 nitrogen and oxygen atoms in total. The molecule has 1 aromatic rings. The van der Waals surface area contributed by atoms with Crippen molar-refractivity contribution in [2.75, 3.05) is 7.11 Å². The molecule has 126 valence electrons. The summed E-state index contributed by atoms with van der Waals surface area (Å²) in [7, 11) is -2.08. The lowest BCUT2D eigenvalue weighted by Crippen LogP contribution is -2.26. The Bertz CT molecular complexity index is 674. The van der Waals surface area contributed by atoms with Crippen molar-refractivity contribution in [3.05, 3.63) is 46.5 Å². The van der Waals surface area contributed by atoms with Crippen molar-refractivity contribution in [3.8, 4) is 0 Å². The Hall–Kier alpha value is -1.70. The number of hydrogen-bond acceptors (Lipinski definition) is 5. The molecule has 0 saturated carbocycles. The van der Waals surface area contributed by atoms with Crippen molar-refractivity contribution in [1.82, 2.24) is 0 Å². The van der Waals surface area contributed by atoms with Gasteiger partial charge in [-0.2, -0.15) is 3.89 Å². The van der Waals surface area contributed by atoms with E-state index in [0.29, 0.717) is 10.5 Å². The molecule has 0 fully saturated rings. The molecule has 1 aromatic carbocycles. The highest BCUT2D eigenvalue weighted by Gasteiger charge is 2.41. The van der Waals surface area contributed by atoms with Gasteiger partial charge in [0.1, 0.15) is 5.04 Å². The van der Waals surface area contributed by atoms with Crippen LogP contribution < -0.4 is 0 Å². The van der Waals surface area contributed by atoms with Crippen molar-refractivity contribution < 1.29 is 22.7 Å². The van der Waals surface area contributed by atoms with Crippen LogP contribution in [0, 0.1) is 0 Å². The molecule has 1 unspecified atom stereocenters. The number of benzene rings is 1. The Labute approximate surface area is 136 Å². The number of allylic oxidation sites excluding steroid dienone is 1. The summed E-state index contributed by atoms with van der Waals surface area (Å²) >= 11 is 0. The molecule has 1 N–H and O–H groups in total. The van der Waals surface area contributed by atoms with E-state index in [1.54, 1.807) is 38.1 Å². The number of carbonyl (C=O) groups excluding carboxylic acids is 1. The van der Waals surface area contributed by atoms with E-state index in [2.05, 4.69) is 4.99 Å². The summed E-state index contributed by atoms with van der Waals surface area (Å²) in [5, 5.41) is 9.67. The Morgan fingerprint density at radius 3 is 2.61 bits per heavy atom. The van der Waals surface area contributed by atoms with Crippen LogP contribution in [0.5, 0.6) is 0 Å². The van der Waals surface area contributed by atoms with Crippen LogP contribution in [0.4, 0.5) is 3.89 Å². The fourth-order valence-electron chi connectivity index (χ4n) is 2.02. The number of esters is 1. The number of nitrogens with zero attached hydrogens (tertiary/aromatic N) is 1. The lowest BCUT2D eigenvalue weighted by Gasteiger charge is -2.33.